The number of nitrogens with two attached hydrogens (primary N) is 4. The second kappa shape index (κ2) is 3.75. The summed E-state index contributed by atoms with van der Waals surface area (Å²) in [5.74, 6) is 0. The lowest BCUT2D eigenvalue weighted by atomic mass is 9.88. The second-order valence-electron chi connectivity index (χ2n) is 4.05. The third kappa shape index (κ3) is 1.74. The summed E-state index contributed by atoms with van der Waals surface area (Å²) in [4.78, 5) is 0. The zero-order valence-corrected chi connectivity index (χ0v) is 8.93. The summed E-state index contributed by atoms with van der Waals surface area (Å²) in [5.41, 5.74) is 24.8. The van der Waals surface area contributed by atoms with Crippen molar-refractivity contribution in [1.29, 1.82) is 0 Å². The molecule has 4 heteroatoms. The number of rotatable bonds is 1. The van der Waals surface area contributed by atoms with E-state index in [-0.39, 0.29) is 0 Å². The summed E-state index contributed by atoms with van der Waals surface area (Å²) < 4.78 is 0. The lowest BCUT2D eigenvalue weighted by molar-refractivity contribution is 0.470. The van der Waals surface area contributed by atoms with Crippen LogP contribution in [0.1, 0.15) is 5.56 Å². The first-order valence-corrected chi connectivity index (χ1v) is 5.10. The van der Waals surface area contributed by atoms with E-state index in [1.165, 1.54) is 0 Å². The van der Waals surface area contributed by atoms with Crippen LogP contribution in [0, 0.1) is 0 Å². The van der Waals surface area contributed by atoms with E-state index in [2.05, 4.69) is 0 Å². The molecule has 1 unspecified atom stereocenters. The quantitative estimate of drug-likeness (QED) is 0.491. The van der Waals surface area contributed by atoms with Crippen LogP contribution >= 0.6 is 0 Å². The molecule has 84 valence electrons. The highest BCUT2D eigenvalue weighted by atomic mass is 15.0. The Bertz CT molecular complexity index is 445. The van der Waals surface area contributed by atoms with Crippen molar-refractivity contribution in [3.63, 3.8) is 0 Å². The molecule has 0 heterocycles. The minimum absolute atomic E-state index is 0.527. The number of allylic oxidation sites excluding steroid dienone is 2. The van der Waals surface area contributed by atoms with Gasteiger partial charge < -0.3 is 22.9 Å². The van der Waals surface area contributed by atoms with Gasteiger partial charge in [0.25, 0.3) is 0 Å². The zero-order valence-electron chi connectivity index (χ0n) is 8.93. The molecule has 1 aliphatic rings. The molecule has 0 fully saturated rings. The third-order valence-corrected chi connectivity index (χ3v) is 2.81. The molecule has 0 aliphatic heterocycles. The van der Waals surface area contributed by atoms with Crippen molar-refractivity contribution in [1.82, 2.24) is 0 Å². The highest BCUT2D eigenvalue weighted by molar-refractivity contribution is 5.78. The first kappa shape index (κ1) is 10.9. The van der Waals surface area contributed by atoms with Gasteiger partial charge in [0.1, 0.15) is 5.66 Å². The summed E-state index contributed by atoms with van der Waals surface area (Å²) in [7, 11) is 0. The van der Waals surface area contributed by atoms with Gasteiger partial charge in [-0.3, -0.25) is 0 Å². The Morgan fingerprint density at radius 2 is 1.69 bits per heavy atom. The molecule has 1 aromatic carbocycles. The van der Waals surface area contributed by atoms with Crippen molar-refractivity contribution in [3.05, 3.63) is 53.7 Å². The summed E-state index contributed by atoms with van der Waals surface area (Å²) in [6, 6.07) is 9.22. The number of hydrogen-bond acceptors (Lipinski definition) is 4. The van der Waals surface area contributed by atoms with Crippen LogP contribution in [0.4, 0.5) is 0 Å². The molecule has 0 aromatic heterocycles. The molecule has 0 bridgehead atoms. The Morgan fingerprint density at radius 1 is 1.06 bits per heavy atom. The van der Waals surface area contributed by atoms with E-state index < -0.39 is 11.7 Å². The molecule has 4 nitrogen and oxygen atoms in total. The number of hydrogen-bond donors (Lipinski definition) is 4. The maximum Gasteiger partial charge on any atom is 0.104 e. The molecule has 0 radical (unpaired) electrons. The van der Waals surface area contributed by atoms with Gasteiger partial charge in [0.15, 0.2) is 0 Å². The third-order valence-electron chi connectivity index (χ3n) is 2.81. The van der Waals surface area contributed by atoms with Crippen molar-refractivity contribution in [2.45, 2.75) is 11.7 Å². The molecule has 0 saturated heterocycles. The van der Waals surface area contributed by atoms with Gasteiger partial charge in [0.05, 0.1) is 6.04 Å². The topological polar surface area (TPSA) is 104 Å². The summed E-state index contributed by atoms with van der Waals surface area (Å²) in [6.45, 7) is 0. The monoisotopic (exact) mass is 216 g/mol. The fraction of sp³-hybridized carbons (Fsp3) is 0.167. The van der Waals surface area contributed by atoms with Crippen molar-refractivity contribution >= 4 is 5.57 Å². The van der Waals surface area contributed by atoms with Crippen LogP contribution in [0.5, 0.6) is 0 Å². The fourth-order valence-corrected chi connectivity index (χ4v) is 1.75. The van der Waals surface area contributed by atoms with Crippen LogP contribution in [-0.4, -0.2) is 11.7 Å². The minimum atomic E-state index is -1.07. The van der Waals surface area contributed by atoms with Gasteiger partial charge in [-0.2, -0.15) is 0 Å². The SMILES string of the molecule is NC1=C(c2ccccc2)C=CC(N)(N)C1N. The second-order valence-corrected chi connectivity index (χ2v) is 4.05. The standard InChI is InChI=1S/C12H16N4/c13-10-9(8-4-2-1-3-5-8)6-7-12(15,16)11(10)14/h1-7,11H,13-16H2. The van der Waals surface area contributed by atoms with Crippen molar-refractivity contribution < 1.29 is 0 Å². The average Bonchev–Trinajstić information content (AvgIpc) is 2.27. The maximum absolute atomic E-state index is 5.97. The van der Waals surface area contributed by atoms with Gasteiger partial charge in [0, 0.05) is 11.3 Å². The Labute approximate surface area is 94.6 Å². The van der Waals surface area contributed by atoms with Crippen molar-refractivity contribution in [2.24, 2.45) is 22.9 Å². The van der Waals surface area contributed by atoms with Crippen LogP contribution in [0.3, 0.4) is 0 Å². The largest absolute Gasteiger partial charge is 0.400 e. The molecule has 1 atom stereocenters. The first-order valence-electron chi connectivity index (χ1n) is 5.10. The normalized spacial score (nSPS) is 23.6. The molecule has 0 spiro atoms. The maximum atomic E-state index is 5.97. The summed E-state index contributed by atoms with van der Waals surface area (Å²) >= 11 is 0. The summed E-state index contributed by atoms with van der Waals surface area (Å²) in [6.07, 6.45) is 3.52. The van der Waals surface area contributed by atoms with E-state index in [0.717, 1.165) is 11.1 Å². The van der Waals surface area contributed by atoms with Crippen LogP contribution in [0.2, 0.25) is 0 Å². The molecule has 0 saturated carbocycles. The zero-order chi connectivity index (χ0) is 11.8. The molecule has 8 N–H and O–H groups in total. The van der Waals surface area contributed by atoms with Gasteiger partial charge in [0.2, 0.25) is 0 Å². The fourth-order valence-electron chi connectivity index (χ4n) is 1.75. The molecule has 16 heavy (non-hydrogen) atoms. The highest BCUT2D eigenvalue weighted by Crippen LogP contribution is 2.25. The van der Waals surface area contributed by atoms with E-state index in [0.29, 0.717) is 5.70 Å². The molecule has 1 aromatic rings. The molecular weight excluding hydrogens is 200 g/mol. The van der Waals surface area contributed by atoms with Crippen LogP contribution < -0.4 is 22.9 Å². The van der Waals surface area contributed by atoms with Crippen LogP contribution in [0.15, 0.2) is 48.2 Å². The van der Waals surface area contributed by atoms with E-state index in [9.17, 15) is 0 Å². The smallest absolute Gasteiger partial charge is 0.104 e. The predicted molar refractivity (Wildman–Crippen MR) is 65.8 cm³/mol. The van der Waals surface area contributed by atoms with Gasteiger partial charge in [-0.25, -0.2) is 0 Å². The first-order chi connectivity index (χ1) is 7.52. The lowest BCUT2D eigenvalue weighted by Crippen LogP contribution is -2.63. The number of benzene rings is 1. The van der Waals surface area contributed by atoms with E-state index in [4.69, 9.17) is 22.9 Å². The van der Waals surface area contributed by atoms with E-state index in [1.54, 1.807) is 6.08 Å². The van der Waals surface area contributed by atoms with Gasteiger partial charge in [-0.1, -0.05) is 36.4 Å². The molecule has 1 aliphatic carbocycles. The van der Waals surface area contributed by atoms with Crippen LogP contribution in [-0.2, 0) is 0 Å². The Hall–Kier alpha value is -1.62. The Kier molecular flexibility index (Phi) is 2.55. The van der Waals surface area contributed by atoms with E-state index in [1.807, 2.05) is 36.4 Å². The molecular formula is C12H16N4. The molecule has 2 rings (SSSR count). The van der Waals surface area contributed by atoms with Gasteiger partial charge in [-0.05, 0) is 11.6 Å². The minimum Gasteiger partial charge on any atom is -0.400 e. The van der Waals surface area contributed by atoms with Crippen molar-refractivity contribution in [2.75, 3.05) is 0 Å². The van der Waals surface area contributed by atoms with Crippen LogP contribution in [0.25, 0.3) is 5.57 Å². The average molecular weight is 216 g/mol. The van der Waals surface area contributed by atoms with Crippen molar-refractivity contribution in [3.8, 4) is 0 Å². The lowest BCUT2D eigenvalue weighted by Gasteiger charge is -2.33. The predicted octanol–water partition coefficient (Wildman–Crippen LogP) is -0.133. The Balaban J connectivity index is 2.45. The Morgan fingerprint density at radius 3 is 2.31 bits per heavy atom. The highest BCUT2D eigenvalue weighted by Gasteiger charge is 2.31. The summed E-state index contributed by atoms with van der Waals surface area (Å²) in [5, 5.41) is 0. The van der Waals surface area contributed by atoms with Gasteiger partial charge >= 0.3 is 0 Å². The molecule has 0 amide bonds. The van der Waals surface area contributed by atoms with E-state index >= 15 is 0 Å². The van der Waals surface area contributed by atoms with Gasteiger partial charge in [-0.15, -0.1) is 0 Å².